The van der Waals surface area contributed by atoms with Crippen molar-refractivity contribution in [2.45, 2.75) is 48.3 Å². The van der Waals surface area contributed by atoms with Gasteiger partial charge in [0.2, 0.25) is 6.17 Å². The Morgan fingerprint density at radius 2 is 1.04 bits per heavy atom. The Kier molecular flexibility index (Phi) is 4.14. The standard InChI is InChI=1S/C8H2F14O/c9-1-3(10,11)7(19,20)8(21,22)4(1,12)23-2(5(13,14)15)6(16,17)18/h1-2H. The molecule has 0 amide bonds. The van der Waals surface area contributed by atoms with E-state index in [1.165, 1.54) is 0 Å². The van der Waals surface area contributed by atoms with Gasteiger partial charge in [0.25, 0.3) is 6.10 Å². The summed E-state index contributed by atoms with van der Waals surface area (Å²) in [5.74, 6) is -27.2. The van der Waals surface area contributed by atoms with Crippen molar-refractivity contribution in [1.29, 1.82) is 0 Å². The number of halogens is 14. The van der Waals surface area contributed by atoms with E-state index in [9.17, 15) is 61.5 Å². The van der Waals surface area contributed by atoms with Crippen LogP contribution in [0.2, 0.25) is 0 Å². The molecule has 0 bridgehead atoms. The highest BCUT2D eigenvalue weighted by Gasteiger charge is 2.95. The molecule has 1 rings (SSSR count). The van der Waals surface area contributed by atoms with Crippen LogP contribution >= 0.6 is 0 Å². The molecule has 1 nitrogen and oxygen atoms in total. The quantitative estimate of drug-likeness (QED) is 0.645. The van der Waals surface area contributed by atoms with Gasteiger partial charge in [-0.15, -0.1) is 0 Å². The molecule has 1 aliphatic carbocycles. The molecule has 1 aliphatic rings. The summed E-state index contributed by atoms with van der Waals surface area (Å²) in [5, 5.41) is 0. The topological polar surface area (TPSA) is 9.23 Å². The summed E-state index contributed by atoms with van der Waals surface area (Å²) in [6.45, 7) is 0. The van der Waals surface area contributed by atoms with Gasteiger partial charge < -0.3 is 4.74 Å². The summed E-state index contributed by atoms with van der Waals surface area (Å²) in [6.07, 6.45) is -24.5. The van der Waals surface area contributed by atoms with Gasteiger partial charge >= 0.3 is 36.0 Å². The Morgan fingerprint density at radius 1 is 0.696 bits per heavy atom. The lowest BCUT2D eigenvalue weighted by Crippen LogP contribution is -2.59. The molecular weight excluding hydrogens is 378 g/mol. The average molecular weight is 380 g/mol. The van der Waals surface area contributed by atoms with Gasteiger partial charge in [0.1, 0.15) is 0 Å². The van der Waals surface area contributed by atoms with Gasteiger partial charge in [-0.25, -0.2) is 8.78 Å². The number of hydrogen-bond donors (Lipinski definition) is 0. The third kappa shape index (κ3) is 2.50. The van der Waals surface area contributed by atoms with Crippen LogP contribution in [0.5, 0.6) is 0 Å². The van der Waals surface area contributed by atoms with Gasteiger partial charge in [-0.2, -0.15) is 52.7 Å². The maximum atomic E-state index is 13.5. The molecule has 1 saturated carbocycles. The number of alkyl halides is 14. The van der Waals surface area contributed by atoms with Crippen LogP contribution in [-0.4, -0.2) is 48.3 Å². The van der Waals surface area contributed by atoms with Gasteiger partial charge in [-0.3, -0.25) is 0 Å². The first-order valence-electron chi connectivity index (χ1n) is 5.02. The molecule has 0 aromatic rings. The van der Waals surface area contributed by atoms with Gasteiger partial charge in [0.15, 0.2) is 0 Å². The molecule has 23 heavy (non-hydrogen) atoms. The molecule has 15 heteroatoms. The van der Waals surface area contributed by atoms with Crippen LogP contribution in [0.1, 0.15) is 0 Å². The Balaban J connectivity index is 3.45. The van der Waals surface area contributed by atoms with Crippen molar-refractivity contribution in [1.82, 2.24) is 0 Å². The summed E-state index contributed by atoms with van der Waals surface area (Å²) in [4.78, 5) is 0. The van der Waals surface area contributed by atoms with Gasteiger partial charge in [0, 0.05) is 0 Å². The van der Waals surface area contributed by atoms with Gasteiger partial charge in [-0.1, -0.05) is 0 Å². The van der Waals surface area contributed by atoms with Crippen molar-refractivity contribution in [2.24, 2.45) is 0 Å². The van der Waals surface area contributed by atoms with E-state index >= 15 is 0 Å². The number of hydrogen-bond acceptors (Lipinski definition) is 1. The predicted octanol–water partition coefficient (Wildman–Crippen LogP) is 4.42. The number of ether oxygens (including phenoxy) is 1. The third-order valence-electron chi connectivity index (χ3n) is 2.77. The number of rotatable bonds is 2. The van der Waals surface area contributed by atoms with E-state index in [1.807, 2.05) is 0 Å². The molecule has 0 saturated heterocycles. The minimum Gasteiger partial charge on any atom is -0.316 e. The highest BCUT2D eigenvalue weighted by Crippen LogP contribution is 2.64. The van der Waals surface area contributed by atoms with E-state index in [0.29, 0.717) is 0 Å². The second-order valence-electron chi connectivity index (χ2n) is 4.36. The van der Waals surface area contributed by atoms with Crippen LogP contribution in [0.4, 0.5) is 61.5 Å². The van der Waals surface area contributed by atoms with Gasteiger partial charge in [-0.05, 0) is 0 Å². The first kappa shape index (κ1) is 20.0. The highest BCUT2D eigenvalue weighted by molar-refractivity contribution is 5.20. The van der Waals surface area contributed by atoms with Crippen LogP contribution in [0.3, 0.4) is 0 Å². The molecule has 0 aromatic carbocycles. The normalized spacial score (nSPS) is 33.3. The smallest absolute Gasteiger partial charge is 0.316 e. The van der Waals surface area contributed by atoms with Crippen molar-refractivity contribution in [2.75, 3.05) is 0 Å². The Hall–Kier alpha value is -1.02. The van der Waals surface area contributed by atoms with E-state index < -0.39 is 48.3 Å². The molecule has 0 spiro atoms. The van der Waals surface area contributed by atoms with Crippen LogP contribution < -0.4 is 0 Å². The van der Waals surface area contributed by atoms with Crippen molar-refractivity contribution in [3.8, 4) is 0 Å². The molecule has 2 atom stereocenters. The summed E-state index contributed by atoms with van der Waals surface area (Å²) in [5.41, 5.74) is 0. The lowest BCUT2D eigenvalue weighted by atomic mass is 10.1. The van der Waals surface area contributed by atoms with Crippen LogP contribution in [0.25, 0.3) is 0 Å². The largest absolute Gasteiger partial charge is 0.423 e. The van der Waals surface area contributed by atoms with Crippen molar-refractivity contribution in [3.05, 3.63) is 0 Å². The van der Waals surface area contributed by atoms with Crippen molar-refractivity contribution >= 4 is 0 Å². The molecule has 0 heterocycles. The molecule has 0 N–H and O–H groups in total. The summed E-state index contributed by atoms with van der Waals surface area (Å²) in [7, 11) is 0. The average Bonchev–Trinajstić information content (AvgIpc) is 2.35. The van der Waals surface area contributed by atoms with Gasteiger partial charge in [0.05, 0.1) is 0 Å². The van der Waals surface area contributed by atoms with Crippen LogP contribution in [-0.2, 0) is 4.74 Å². The summed E-state index contributed by atoms with van der Waals surface area (Å²) in [6, 6.07) is 0. The lowest BCUT2D eigenvalue weighted by molar-refractivity contribution is -0.405. The summed E-state index contributed by atoms with van der Waals surface area (Å²) < 4.78 is 177. The molecule has 0 aliphatic heterocycles. The lowest BCUT2D eigenvalue weighted by Gasteiger charge is -2.33. The molecular formula is C8H2F14O. The zero-order chi connectivity index (χ0) is 18.9. The zero-order valence-corrected chi connectivity index (χ0v) is 9.85. The minimum atomic E-state index is -7.03. The Morgan fingerprint density at radius 3 is 1.26 bits per heavy atom. The zero-order valence-electron chi connectivity index (χ0n) is 9.85. The SMILES string of the molecule is FC1C(F)(F)C(F)(F)C(F)(F)C1(F)OC(C(F)(F)F)C(F)(F)F. The highest BCUT2D eigenvalue weighted by atomic mass is 19.4. The Labute approximate surface area is 116 Å². The maximum absolute atomic E-state index is 13.5. The fraction of sp³-hybridized carbons (Fsp3) is 1.00. The molecule has 0 aromatic heterocycles. The van der Waals surface area contributed by atoms with Crippen molar-refractivity contribution in [3.63, 3.8) is 0 Å². The molecule has 2 unspecified atom stereocenters. The minimum absolute atomic E-state index is 2.12. The molecule has 1 fully saturated rings. The van der Waals surface area contributed by atoms with E-state index in [0.717, 1.165) is 0 Å². The first-order valence-corrected chi connectivity index (χ1v) is 5.02. The maximum Gasteiger partial charge on any atom is 0.423 e. The van der Waals surface area contributed by atoms with E-state index in [2.05, 4.69) is 4.74 Å². The predicted molar refractivity (Wildman–Crippen MR) is 40.6 cm³/mol. The van der Waals surface area contributed by atoms with E-state index in [1.54, 1.807) is 0 Å². The Bertz CT molecular complexity index is 448. The second kappa shape index (κ2) is 4.75. The molecule has 138 valence electrons. The van der Waals surface area contributed by atoms with Crippen LogP contribution in [0.15, 0.2) is 0 Å². The van der Waals surface area contributed by atoms with Crippen LogP contribution in [0, 0.1) is 0 Å². The monoisotopic (exact) mass is 380 g/mol. The fourth-order valence-corrected chi connectivity index (χ4v) is 1.60. The third-order valence-corrected chi connectivity index (χ3v) is 2.77. The van der Waals surface area contributed by atoms with Crippen molar-refractivity contribution < 1.29 is 66.2 Å². The second-order valence-corrected chi connectivity index (χ2v) is 4.36. The summed E-state index contributed by atoms with van der Waals surface area (Å²) >= 11 is 0. The fourth-order valence-electron chi connectivity index (χ4n) is 1.60. The first-order chi connectivity index (χ1) is 9.74. The molecule has 0 radical (unpaired) electrons. The van der Waals surface area contributed by atoms with E-state index in [-0.39, 0.29) is 0 Å². The van der Waals surface area contributed by atoms with E-state index in [4.69, 9.17) is 0 Å².